The Labute approximate surface area is 101 Å². The number of benzene rings is 1. The molecule has 90 valence electrons. The second-order valence-corrected chi connectivity index (χ2v) is 4.64. The molecule has 0 aromatic heterocycles. The molecule has 0 unspecified atom stereocenters. The van der Waals surface area contributed by atoms with Gasteiger partial charge in [0.2, 0.25) is 5.91 Å². The topological polar surface area (TPSA) is 37.4 Å². The fraction of sp³-hybridized carbons (Fsp3) is 0.429. The summed E-state index contributed by atoms with van der Waals surface area (Å²) in [5, 5.41) is 0. The van der Waals surface area contributed by atoms with E-state index < -0.39 is 0 Å². The molecule has 2 atom stereocenters. The lowest BCUT2D eigenvalue weighted by molar-refractivity contribution is -0.129. The fourth-order valence-corrected chi connectivity index (χ4v) is 2.29. The summed E-state index contributed by atoms with van der Waals surface area (Å²) >= 11 is 0. The molecule has 0 aliphatic carbocycles. The minimum Gasteiger partial charge on any atom is -0.335 e. The molecule has 0 spiro atoms. The van der Waals surface area contributed by atoms with Crippen molar-refractivity contribution in [3.63, 3.8) is 0 Å². The highest BCUT2D eigenvalue weighted by Gasteiger charge is 2.35. The molecular weight excluding hydrogens is 214 g/mol. The fourth-order valence-electron chi connectivity index (χ4n) is 2.29. The van der Waals surface area contributed by atoms with E-state index in [1.807, 2.05) is 37.3 Å². The monoisotopic (exact) mass is 231 g/mol. The van der Waals surface area contributed by atoms with Crippen molar-refractivity contribution in [3.05, 3.63) is 35.9 Å². The normalized spacial score (nSPS) is 21.6. The highest BCUT2D eigenvalue weighted by molar-refractivity contribution is 5.89. The molecule has 1 aromatic rings. The van der Waals surface area contributed by atoms with Gasteiger partial charge in [-0.2, -0.15) is 0 Å². The summed E-state index contributed by atoms with van der Waals surface area (Å²) in [6.07, 6.45) is 0.368. The highest BCUT2D eigenvalue weighted by Crippen LogP contribution is 2.28. The second-order valence-electron chi connectivity index (χ2n) is 4.64. The third-order valence-electron chi connectivity index (χ3n) is 3.48. The standard InChI is InChI=1S/C14H17NO2/c1-10(12-6-4-3-5-7-12)15-9-13(11(2)16)8-14(15)17/h3-7,10,13H,8-9H2,1-2H3/t10-,13-/m0/s1. The van der Waals surface area contributed by atoms with E-state index in [1.165, 1.54) is 0 Å². The van der Waals surface area contributed by atoms with Gasteiger partial charge in [0, 0.05) is 18.9 Å². The van der Waals surface area contributed by atoms with Crippen LogP contribution in [0.3, 0.4) is 0 Å². The van der Waals surface area contributed by atoms with Crippen LogP contribution < -0.4 is 0 Å². The molecule has 0 N–H and O–H groups in total. The molecule has 0 radical (unpaired) electrons. The van der Waals surface area contributed by atoms with Crippen LogP contribution in [0.25, 0.3) is 0 Å². The van der Waals surface area contributed by atoms with Crippen molar-refractivity contribution in [3.8, 4) is 0 Å². The zero-order chi connectivity index (χ0) is 12.4. The Morgan fingerprint density at radius 3 is 2.53 bits per heavy atom. The van der Waals surface area contributed by atoms with Crippen LogP contribution in [0.4, 0.5) is 0 Å². The third kappa shape index (κ3) is 2.38. The third-order valence-corrected chi connectivity index (χ3v) is 3.48. The summed E-state index contributed by atoms with van der Waals surface area (Å²) in [7, 11) is 0. The lowest BCUT2D eigenvalue weighted by atomic mass is 10.0. The molecule has 1 heterocycles. The van der Waals surface area contributed by atoms with Crippen molar-refractivity contribution in [1.29, 1.82) is 0 Å². The summed E-state index contributed by atoms with van der Waals surface area (Å²) in [6.45, 7) is 4.13. The van der Waals surface area contributed by atoms with Gasteiger partial charge in [-0.05, 0) is 19.4 Å². The number of carbonyl (C=O) groups is 2. The summed E-state index contributed by atoms with van der Waals surface area (Å²) in [4.78, 5) is 25.0. The molecule has 1 aliphatic heterocycles. The number of ketones is 1. The number of amides is 1. The molecule has 1 fully saturated rings. The molecule has 1 amide bonds. The van der Waals surface area contributed by atoms with Crippen LogP contribution in [0.5, 0.6) is 0 Å². The molecule has 17 heavy (non-hydrogen) atoms. The van der Waals surface area contributed by atoms with E-state index in [4.69, 9.17) is 0 Å². The first-order valence-electron chi connectivity index (χ1n) is 5.94. The molecule has 1 saturated heterocycles. The maximum atomic E-state index is 11.9. The molecule has 0 saturated carbocycles. The van der Waals surface area contributed by atoms with Crippen molar-refractivity contribution in [1.82, 2.24) is 4.90 Å². The summed E-state index contributed by atoms with van der Waals surface area (Å²) < 4.78 is 0. The van der Waals surface area contributed by atoms with E-state index in [0.717, 1.165) is 5.56 Å². The molecular formula is C14H17NO2. The average Bonchev–Trinajstić information content (AvgIpc) is 2.72. The van der Waals surface area contributed by atoms with E-state index in [0.29, 0.717) is 13.0 Å². The summed E-state index contributed by atoms with van der Waals surface area (Å²) in [6, 6.07) is 9.97. The number of Topliss-reactive ketones (excluding diaryl/α,β-unsaturated/α-hetero) is 1. The first-order chi connectivity index (χ1) is 8.09. The number of hydrogen-bond acceptors (Lipinski definition) is 2. The second kappa shape index (κ2) is 4.70. The lowest BCUT2D eigenvalue weighted by Crippen LogP contribution is -2.29. The number of nitrogens with zero attached hydrogens (tertiary/aromatic N) is 1. The summed E-state index contributed by atoms with van der Waals surface area (Å²) in [5.41, 5.74) is 1.12. The predicted molar refractivity (Wildman–Crippen MR) is 65.4 cm³/mol. The van der Waals surface area contributed by atoms with E-state index in [1.54, 1.807) is 11.8 Å². The quantitative estimate of drug-likeness (QED) is 0.799. The van der Waals surface area contributed by atoms with Gasteiger partial charge >= 0.3 is 0 Å². The van der Waals surface area contributed by atoms with E-state index >= 15 is 0 Å². The van der Waals surface area contributed by atoms with Crippen molar-refractivity contribution in [2.45, 2.75) is 26.3 Å². The number of carbonyl (C=O) groups excluding carboxylic acids is 2. The summed E-state index contributed by atoms with van der Waals surface area (Å²) in [5.74, 6) is 0.0799. The zero-order valence-electron chi connectivity index (χ0n) is 10.2. The number of rotatable bonds is 3. The van der Waals surface area contributed by atoms with Gasteiger partial charge in [-0.15, -0.1) is 0 Å². The minimum atomic E-state index is -0.117. The van der Waals surface area contributed by atoms with Gasteiger partial charge in [0.15, 0.2) is 0 Å². The molecule has 3 heteroatoms. The van der Waals surface area contributed by atoms with E-state index in [-0.39, 0.29) is 23.7 Å². The van der Waals surface area contributed by atoms with E-state index in [9.17, 15) is 9.59 Å². The van der Waals surface area contributed by atoms with Gasteiger partial charge in [0.1, 0.15) is 5.78 Å². The van der Waals surface area contributed by atoms with Crippen LogP contribution in [-0.4, -0.2) is 23.1 Å². The van der Waals surface area contributed by atoms with Gasteiger partial charge < -0.3 is 4.90 Å². The minimum absolute atomic E-state index is 0.0491. The van der Waals surface area contributed by atoms with Crippen molar-refractivity contribution in [2.75, 3.05) is 6.54 Å². The molecule has 0 bridgehead atoms. The number of likely N-dealkylation sites (tertiary alicyclic amines) is 1. The SMILES string of the molecule is CC(=O)[C@H]1CC(=O)N([C@@H](C)c2ccccc2)C1. The molecule has 3 nitrogen and oxygen atoms in total. The van der Waals surface area contributed by atoms with Crippen LogP contribution in [0.2, 0.25) is 0 Å². The molecule has 1 aliphatic rings. The Bertz CT molecular complexity index is 427. The van der Waals surface area contributed by atoms with Gasteiger partial charge in [-0.25, -0.2) is 0 Å². The van der Waals surface area contributed by atoms with Crippen molar-refractivity contribution >= 4 is 11.7 Å². The Hall–Kier alpha value is -1.64. The largest absolute Gasteiger partial charge is 0.335 e. The smallest absolute Gasteiger partial charge is 0.223 e. The molecule has 2 rings (SSSR count). The van der Waals surface area contributed by atoms with Gasteiger partial charge in [0.25, 0.3) is 0 Å². The van der Waals surface area contributed by atoms with Crippen LogP contribution >= 0.6 is 0 Å². The van der Waals surface area contributed by atoms with Crippen LogP contribution in [0, 0.1) is 5.92 Å². The Morgan fingerprint density at radius 1 is 1.35 bits per heavy atom. The predicted octanol–water partition coefficient (Wildman–Crippen LogP) is 2.19. The van der Waals surface area contributed by atoms with E-state index in [2.05, 4.69) is 0 Å². The first-order valence-corrected chi connectivity index (χ1v) is 5.94. The average molecular weight is 231 g/mol. The van der Waals surface area contributed by atoms with Crippen LogP contribution in [0.1, 0.15) is 31.9 Å². The zero-order valence-corrected chi connectivity index (χ0v) is 10.2. The Kier molecular flexibility index (Phi) is 3.27. The van der Waals surface area contributed by atoms with Gasteiger partial charge in [-0.1, -0.05) is 30.3 Å². The lowest BCUT2D eigenvalue weighted by Gasteiger charge is -2.25. The van der Waals surface area contributed by atoms with Crippen LogP contribution in [-0.2, 0) is 9.59 Å². The van der Waals surface area contributed by atoms with Gasteiger partial charge in [0.05, 0.1) is 6.04 Å². The first kappa shape index (κ1) is 11.8. The van der Waals surface area contributed by atoms with Crippen molar-refractivity contribution < 1.29 is 9.59 Å². The maximum absolute atomic E-state index is 11.9. The van der Waals surface area contributed by atoms with Crippen LogP contribution in [0.15, 0.2) is 30.3 Å². The maximum Gasteiger partial charge on any atom is 0.223 e. The highest BCUT2D eigenvalue weighted by atomic mass is 16.2. The van der Waals surface area contributed by atoms with Gasteiger partial charge in [-0.3, -0.25) is 9.59 Å². The Balaban J connectivity index is 2.14. The molecule has 1 aromatic carbocycles. The Morgan fingerprint density at radius 2 is 2.00 bits per heavy atom. The van der Waals surface area contributed by atoms with Crippen molar-refractivity contribution in [2.24, 2.45) is 5.92 Å². The number of hydrogen-bond donors (Lipinski definition) is 0.